The van der Waals surface area contributed by atoms with Crippen molar-refractivity contribution in [3.63, 3.8) is 0 Å². The van der Waals surface area contributed by atoms with E-state index in [2.05, 4.69) is 35.2 Å². The smallest absolute Gasteiger partial charge is 0.00221 e. The number of fused-ring (bicyclic) bond motifs is 1. The minimum atomic E-state index is 1.03. The van der Waals surface area contributed by atoms with E-state index in [-0.39, 0.29) is 0 Å². The second kappa shape index (κ2) is 5.22. The van der Waals surface area contributed by atoms with Gasteiger partial charge in [0.2, 0.25) is 0 Å². The largest absolute Gasteiger partial charge is 0.302 e. The van der Waals surface area contributed by atoms with E-state index in [0.717, 1.165) is 11.8 Å². The molecule has 0 bridgehead atoms. The lowest BCUT2D eigenvalue weighted by molar-refractivity contribution is 0.299. The summed E-state index contributed by atoms with van der Waals surface area (Å²) < 4.78 is 0. The summed E-state index contributed by atoms with van der Waals surface area (Å²) in [6, 6.07) is 10.9. The van der Waals surface area contributed by atoms with Crippen molar-refractivity contribution in [3.8, 4) is 0 Å². The number of likely N-dealkylation sites (tertiary alicyclic amines) is 1. The number of benzene rings is 1. The Morgan fingerprint density at radius 2 is 1.59 bits per heavy atom. The minimum Gasteiger partial charge on any atom is -0.302 e. The second-order valence-corrected chi connectivity index (χ2v) is 5.80. The van der Waals surface area contributed by atoms with Crippen LogP contribution >= 0.6 is 0 Å². The highest BCUT2D eigenvalue weighted by Gasteiger charge is 2.33. The Hall–Kier alpha value is -0.820. The van der Waals surface area contributed by atoms with Crippen LogP contribution in [0.1, 0.15) is 31.2 Å². The molecule has 0 radical (unpaired) electrons. The van der Waals surface area contributed by atoms with Crippen LogP contribution in [-0.2, 0) is 6.42 Å². The van der Waals surface area contributed by atoms with Gasteiger partial charge < -0.3 is 4.90 Å². The molecule has 1 saturated heterocycles. The van der Waals surface area contributed by atoms with Gasteiger partial charge in [0.1, 0.15) is 0 Å². The van der Waals surface area contributed by atoms with Crippen molar-refractivity contribution in [2.24, 2.45) is 11.8 Å². The van der Waals surface area contributed by atoms with Gasteiger partial charge in [-0.05, 0) is 36.7 Å². The topological polar surface area (TPSA) is 3.24 Å². The third-order valence-electron chi connectivity index (χ3n) is 4.61. The fourth-order valence-electron chi connectivity index (χ4n) is 3.62. The van der Waals surface area contributed by atoms with Gasteiger partial charge in [0.25, 0.3) is 0 Å². The van der Waals surface area contributed by atoms with Crippen molar-refractivity contribution in [2.45, 2.75) is 32.1 Å². The fraction of sp³-hybridized carbons (Fsp3) is 0.625. The molecule has 0 spiro atoms. The van der Waals surface area contributed by atoms with Crippen molar-refractivity contribution < 1.29 is 0 Å². The van der Waals surface area contributed by atoms with E-state index in [9.17, 15) is 0 Å². The zero-order valence-corrected chi connectivity index (χ0v) is 10.6. The molecule has 1 aromatic carbocycles. The molecule has 0 aromatic heterocycles. The van der Waals surface area contributed by atoms with Crippen molar-refractivity contribution in [1.29, 1.82) is 0 Å². The maximum atomic E-state index is 2.70. The molecule has 17 heavy (non-hydrogen) atoms. The van der Waals surface area contributed by atoms with E-state index in [1.54, 1.807) is 0 Å². The van der Waals surface area contributed by atoms with Gasteiger partial charge in [-0.3, -0.25) is 0 Å². The Bertz CT molecular complexity index is 332. The van der Waals surface area contributed by atoms with Gasteiger partial charge >= 0.3 is 0 Å². The van der Waals surface area contributed by atoms with E-state index >= 15 is 0 Å². The zero-order valence-electron chi connectivity index (χ0n) is 10.6. The average Bonchev–Trinajstić information content (AvgIpc) is 2.80. The van der Waals surface area contributed by atoms with E-state index in [4.69, 9.17) is 0 Å². The molecular formula is C16H23N. The molecule has 1 aliphatic heterocycles. The highest BCUT2D eigenvalue weighted by molar-refractivity contribution is 5.14. The van der Waals surface area contributed by atoms with Crippen molar-refractivity contribution in [2.75, 3.05) is 19.6 Å². The van der Waals surface area contributed by atoms with Crippen LogP contribution in [0.25, 0.3) is 0 Å². The maximum Gasteiger partial charge on any atom is 0.00221 e. The average molecular weight is 229 g/mol. The maximum absolute atomic E-state index is 2.70. The van der Waals surface area contributed by atoms with Crippen LogP contribution in [0.3, 0.4) is 0 Å². The summed E-state index contributed by atoms with van der Waals surface area (Å²) in [5.74, 6) is 2.05. The van der Waals surface area contributed by atoms with Crippen LogP contribution in [0.5, 0.6) is 0 Å². The lowest BCUT2D eigenvalue weighted by atomic mass is 9.82. The van der Waals surface area contributed by atoms with Gasteiger partial charge in [-0.15, -0.1) is 0 Å². The first-order chi connectivity index (χ1) is 8.42. The molecule has 1 aliphatic carbocycles. The molecule has 1 heterocycles. The highest BCUT2D eigenvalue weighted by Crippen LogP contribution is 2.35. The summed E-state index contributed by atoms with van der Waals surface area (Å²) in [6.07, 6.45) is 7.17. The lowest BCUT2D eigenvalue weighted by Gasteiger charge is -2.23. The SMILES string of the molecule is c1ccc(CCN2C[C@H]3CCCC[C@H]3C2)cc1. The molecule has 0 unspecified atom stereocenters. The van der Waals surface area contributed by atoms with Crippen molar-refractivity contribution in [1.82, 2.24) is 4.90 Å². The van der Waals surface area contributed by atoms with Gasteiger partial charge in [0, 0.05) is 19.6 Å². The summed E-state index contributed by atoms with van der Waals surface area (Å²) in [5.41, 5.74) is 1.49. The van der Waals surface area contributed by atoms with E-state index < -0.39 is 0 Å². The molecule has 1 aromatic rings. The van der Waals surface area contributed by atoms with E-state index in [1.807, 2.05) is 0 Å². The van der Waals surface area contributed by atoms with Crippen LogP contribution in [0.15, 0.2) is 30.3 Å². The summed E-state index contributed by atoms with van der Waals surface area (Å²) in [4.78, 5) is 2.70. The van der Waals surface area contributed by atoms with Crippen LogP contribution in [0.4, 0.5) is 0 Å². The zero-order chi connectivity index (χ0) is 11.5. The molecule has 2 aliphatic rings. The van der Waals surface area contributed by atoms with Gasteiger partial charge in [-0.25, -0.2) is 0 Å². The molecule has 92 valence electrons. The Balaban J connectivity index is 1.50. The molecule has 0 N–H and O–H groups in total. The Labute approximate surface area is 105 Å². The highest BCUT2D eigenvalue weighted by atomic mass is 15.1. The summed E-state index contributed by atoms with van der Waals surface area (Å²) in [7, 11) is 0. The first kappa shape index (κ1) is 11.3. The van der Waals surface area contributed by atoms with Gasteiger partial charge in [0.15, 0.2) is 0 Å². The van der Waals surface area contributed by atoms with Crippen LogP contribution in [0, 0.1) is 11.8 Å². The van der Waals surface area contributed by atoms with Crippen molar-refractivity contribution >= 4 is 0 Å². The monoisotopic (exact) mass is 229 g/mol. The summed E-state index contributed by atoms with van der Waals surface area (Å²) >= 11 is 0. The van der Waals surface area contributed by atoms with Gasteiger partial charge in [0.05, 0.1) is 0 Å². The van der Waals surface area contributed by atoms with Crippen molar-refractivity contribution in [3.05, 3.63) is 35.9 Å². The predicted octanol–water partition coefficient (Wildman–Crippen LogP) is 3.35. The number of nitrogens with zero attached hydrogens (tertiary/aromatic N) is 1. The molecule has 2 atom stereocenters. The molecule has 1 heteroatoms. The molecule has 1 saturated carbocycles. The molecule has 0 amide bonds. The first-order valence-corrected chi connectivity index (χ1v) is 7.18. The standard InChI is InChI=1S/C16H23N/c1-2-6-14(7-3-1)10-11-17-12-15-8-4-5-9-16(15)13-17/h1-3,6-7,15-16H,4-5,8-13H2/t15-,16+. The Morgan fingerprint density at radius 1 is 0.941 bits per heavy atom. The second-order valence-electron chi connectivity index (χ2n) is 5.80. The van der Waals surface area contributed by atoms with Gasteiger partial charge in [-0.2, -0.15) is 0 Å². The molecule has 2 fully saturated rings. The number of hydrogen-bond acceptors (Lipinski definition) is 1. The van der Waals surface area contributed by atoms with Crippen LogP contribution in [-0.4, -0.2) is 24.5 Å². The lowest BCUT2D eigenvalue weighted by Crippen LogP contribution is -2.23. The molecular weight excluding hydrogens is 206 g/mol. The van der Waals surface area contributed by atoms with Gasteiger partial charge in [-0.1, -0.05) is 43.2 Å². The quantitative estimate of drug-likeness (QED) is 0.768. The normalized spacial score (nSPS) is 29.2. The molecule has 1 nitrogen and oxygen atoms in total. The number of rotatable bonds is 3. The fourth-order valence-corrected chi connectivity index (χ4v) is 3.62. The van der Waals surface area contributed by atoms with E-state index in [0.29, 0.717) is 0 Å². The van der Waals surface area contributed by atoms with Crippen LogP contribution < -0.4 is 0 Å². The third kappa shape index (κ3) is 2.71. The number of hydrogen-bond donors (Lipinski definition) is 0. The Morgan fingerprint density at radius 3 is 2.24 bits per heavy atom. The summed E-state index contributed by atoms with van der Waals surface area (Å²) in [5, 5.41) is 0. The predicted molar refractivity (Wildman–Crippen MR) is 72.0 cm³/mol. The summed E-state index contributed by atoms with van der Waals surface area (Å²) in [6.45, 7) is 4.01. The third-order valence-corrected chi connectivity index (χ3v) is 4.61. The first-order valence-electron chi connectivity index (χ1n) is 7.18. The molecule has 3 rings (SSSR count). The Kier molecular flexibility index (Phi) is 3.46. The minimum absolute atomic E-state index is 1.03. The van der Waals surface area contributed by atoms with E-state index in [1.165, 1.54) is 57.3 Å². The van der Waals surface area contributed by atoms with Crippen LogP contribution in [0.2, 0.25) is 0 Å².